The summed E-state index contributed by atoms with van der Waals surface area (Å²) in [5, 5.41) is 18.3. The Balaban J connectivity index is 0.000000413. The number of carbonyl (C=O) groups is 2. The Kier molecular flexibility index (Phi) is 9.23. The van der Waals surface area contributed by atoms with Gasteiger partial charge < -0.3 is 20.3 Å². The Bertz CT molecular complexity index is 527. The molecule has 0 amide bonds. The van der Waals surface area contributed by atoms with E-state index in [1.165, 1.54) is 24.8 Å². The van der Waals surface area contributed by atoms with Crippen LogP contribution in [0.4, 0.5) is 0 Å². The van der Waals surface area contributed by atoms with Gasteiger partial charge in [-0.05, 0) is 62.4 Å². The van der Waals surface area contributed by atoms with Gasteiger partial charge in [0.2, 0.25) is 0 Å². The number of hydrogen-bond donors (Lipinski definition) is 3. The number of rotatable bonds is 6. The third-order valence-electron chi connectivity index (χ3n) is 3.74. The summed E-state index contributed by atoms with van der Waals surface area (Å²) in [6.45, 7) is 2.22. The first-order valence-corrected chi connectivity index (χ1v) is 7.97. The molecule has 1 atom stereocenters. The number of ether oxygens (including phenoxy) is 1. The van der Waals surface area contributed by atoms with Crippen LogP contribution < -0.4 is 10.1 Å². The minimum absolute atomic E-state index is 0.839. The van der Waals surface area contributed by atoms with Gasteiger partial charge in [0.1, 0.15) is 5.75 Å². The summed E-state index contributed by atoms with van der Waals surface area (Å²) < 4.78 is 5.15. The maximum absolute atomic E-state index is 9.10. The fourth-order valence-electron chi connectivity index (χ4n) is 2.37. The minimum atomic E-state index is -1.82. The molecule has 0 spiro atoms. The molecule has 2 rings (SSSR count). The van der Waals surface area contributed by atoms with E-state index < -0.39 is 11.9 Å². The topological polar surface area (TPSA) is 95.9 Å². The van der Waals surface area contributed by atoms with Gasteiger partial charge in [-0.1, -0.05) is 24.3 Å². The molecule has 0 aliphatic heterocycles. The van der Waals surface area contributed by atoms with Crippen LogP contribution in [0.25, 0.3) is 0 Å². The first-order chi connectivity index (χ1) is 11.5. The van der Waals surface area contributed by atoms with Crippen molar-refractivity contribution >= 4 is 11.9 Å². The summed E-state index contributed by atoms with van der Waals surface area (Å²) in [5.41, 5.74) is 1.37. The molecule has 1 aliphatic rings. The molecule has 0 heterocycles. The zero-order valence-corrected chi connectivity index (χ0v) is 13.9. The van der Waals surface area contributed by atoms with Crippen molar-refractivity contribution in [1.82, 2.24) is 5.32 Å². The van der Waals surface area contributed by atoms with Crippen LogP contribution in [0.15, 0.2) is 36.4 Å². The molecule has 132 valence electrons. The molecule has 1 unspecified atom stereocenters. The number of carboxylic acid groups (broad SMARTS) is 2. The van der Waals surface area contributed by atoms with Crippen LogP contribution in [-0.2, 0) is 16.0 Å². The molecule has 1 aromatic carbocycles. The number of methoxy groups -OCH3 is 1. The van der Waals surface area contributed by atoms with E-state index in [-0.39, 0.29) is 0 Å². The van der Waals surface area contributed by atoms with Crippen molar-refractivity contribution in [1.29, 1.82) is 0 Å². The summed E-state index contributed by atoms with van der Waals surface area (Å²) in [7, 11) is 1.70. The number of allylic oxidation sites excluding steroid dienone is 2. The first-order valence-electron chi connectivity index (χ1n) is 7.97. The van der Waals surface area contributed by atoms with E-state index in [9.17, 15) is 0 Å². The lowest BCUT2D eigenvalue weighted by atomic mass is 9.94. The van der Waals surface area contributed by atoms with Gasteiger partial charge in [-0.15, -0.1) is 0 Å². The Morgan fingerprint density at radius 2 is 1.83 bits per heavy atom. The average molecular weight is 335 g/mol. The normalized spacial score (nSPS) is 16.0. The van der Waals surface area contributed by atoms with Crippen molar-refractivity contribution in [3.63, 3.8) is 0 Å². The Morgan fingerprint density at radius 1 is 1.17 bits per heavy atom. The molecule has 0 fully saturated rings. The molecule has 0 aromatic heterocycles. The van der Waals surface area contributed by atoms with E-state index in [2.05, 4.69) is 29.6 Å². The summed E-state index contributed by atoms with van der Waals surface area (Å²) in [6, 6.07) is 8.34. The van der Waals surface area contributed by atoms with Gasteiger partial charge in [0.15, 0.2) is 0 Å². The summed E-state index contributed by atoms with van der Waals surface area (Å²) in [5.74, 6) is -1.88. The average Bonchev–Trinajstić information content (AvgIpc) is 2.60. The summed E-state index contributed by atoms with van der Waals surface area (Å²) >= 11 is 0. The van der Waals surface area contributed by atoms with Gasteiger partial charge in [-0.3, -0.25) is 0 Å². The predicted octanol–water partition coefficient (Wildman–Crippen LogP) is 2.34. The van der Waals surface area contributed by atoms with Gasteiger partial charge in [-0.25, -0.2) is 9.59 Å². The van der Waals surface area contributed by atoms with Crippen molar-refractivity contribution in [2.24, 2.45) is 5.92 Å². The molecule has 0 bridgehead atoms. The molecular weight excluding hydrogens is 310 g/mol. The molecular formula is C18H25NO5. The van der Waals surface area contributed by atoms with Gasteiger partial charge >= 0.3 is 11.9 Å². The highest BCUT2D eigenvalue weighted by atomic mass is 16.5. The number of nitrogens with one attached hydrogen (secondary N) is 1. The second kappa shape index (κ2) is 11.2. The maximum Gasteiger partial charge on any atom is 0.414 e. The van der Waals surface area contributed by atoms with E-state index in [0.29, 0.717) is 0 Å². The number of hydrogen-bond acceptors (Lipinski definition) is 4. The smallest absolute Gasteiger partial charge is 0.414 e. The van der Waals surface area contributed by atoms with E-state index >= 15 is 0 Å². The molecule has 3 N–H and O–H groups in total. The lowest BCUT2D eigenvalue weighted by molar-refractivity contribution is -0.159. The Morgan fingerprint density at radius 3 is 2.33 bits per heavy atom. The molecule has 1 aromatic rings. The summed E-state index contributed by atoms with van der Waals surface area (Å²) in [6.07, 6.45) is 9.55. The Hall–Kier alpha value is -2.34. The summed E-state index contributed by atoms with van der Waals surface area (Å²) in [4.78, 5) is 18.2. The van der Waals surface area contributed by atoms with Crippen molar-refractivity contribution in [3.05, 3.63) is 42.0 Å². The molecule has 6 nitrogen and oxygen atoms in total. The highest BCUT2D eigenvalue weighted by Gasteiger charge is 2.08. The molecule has 0 saturated heterocycles. The van der Waals surface area contributed by atoms with Gasteiger partial charge in [0, 0.05) is 0 Å². The highest BCUT2D eigenvalue weighted by molar-refractivity contribution is 6.27. The minimum Gasteiger partial charge on any atom is -0.497 e. The largest absolute Gasteiger partial charge is 0.497 e. The predicted molar refractivity (Wildman–Crippen MR) is 91.3 cm³/mol. The third-order valence-corrected chi connectivity index (χ3v) is 3.74. The Labute approximate surface area is 142 Å². The second-order valence-electron chi connectivity index (χ2n) is 5.56. The van der Waals surface area contributed by atoms with E-state index in [4.69, 9.17) is 24.5 Å². The fourth-order valence-corrected chi connectivity index (χ4v) is 2.37. The zero-order chi connectivity index (χ0) is 17.8. The maximum atomic E-state index is 9.10. The third kappa shape index (κ3) is 8.33. The van der Waals surface area contributed by atoms with Gasteiger partial charge in [-0.2, -0.15) is 0 Å². The standard InChI is InChI=1S/C16H23NO.C2H2O4/c1-18-16-9-7-14(8-10-16)11-12-17-13-15-5-3-2-4-6-15;3-1(4)2(5)6/h2-3,7-10,15,17H,4-6,11-13H2,1H3;(H,3,4)(H,5,6). The van der Waals surface area contributed by atoms with Crippen LogP contribution in [0.2, 0.25) is 0 Å². The highest BCUT2D eigenvalue weighted by Crippen LogP contribution is 2.17. The van der Waals surface area contributed by atoms with Crippen LogP contribution in [0.5, 0.6) is 5.75 Å². The fraction of sp³-hybridized carbons (Fsp3) is 0.444. The van der Waals surface area contributed by atoms with Crippen LogP contribution in [0, 0.1) is 5.92 Å². The number of carboxylic acids is 2. The number of aliphatic carboxylic acids is 2. The van der Waals surface area contributed by atoms with Crippen molar-refractivity contribution < 1.29 is 24.5 Å². The first kappa shape index (κ1) is 19.7. The van der Waals surface area contributed by atoms with Crippen LogP contribution in [-0.4, -0.2) is 42.4 Å². The van der Waals surface area contributed by atoms with E-state index in [1.54, 1.807) is 7.11 Å². The van der Waals surface area contributed by atoms with Crippen LogP contribution in [0.3, 0.4) is 0 Å². The van der Waals surface area contributed by atoms with E-state index in [0.717, 1.165) is 31.2 Å². The second-order valence-corrected chi connectivity index (χ2v) is 5.56. The van der Waals surface area contributed by atoms with Crippen molar-refractivity contribution in [2.45, 2.75) is 25.7 Å². The number of benzene rings is 1. The molecule has 24 heavy (non-hydrogen) atoms. The van der Waals surface area contributed by atoms with Crippen LogP contribution in [0.1, 0.15) is 24.8 Å². The van der Waals surface area contributed by atoms with Crippen molar-refractivity contribution in [3.8, 4) is 5.75 Å². The van der Waals surface area contributed by atoms with Gasteiger partial charge in [0.05, 0.1) is 7.11 Å². The molecule has 0 radical (unpaired) electrons. The monoisotopic (exact) mass is 335 g/mol. The van der Waals surface area contributed by atoms with Gasteiger partial charge in [0.25, 0.3) is 0 Å². The van der Waals surface area contributed by atoms with E-state index in [1.807, 2.05) is 12.1 Å². The lowest BCUT2D eigenvalue weighted by Crippen LogP contribution is -2.25. The van der Waals surface area contributed by atoms with Crippen LogP contribution >= 0.6 is 0 Å². The lowest BCUT2D eigenvalue weighted by Gasteiger charge is -2.18. The quantitative estimate of drug-likeness (QED) is 0.419. The SMILES string of the molecule is COc1ccc(CCNCC2CC=CCC2)cc1.O=C(O)C(=O)O. The van der Waals surface area contributed by atoms with Crippen molar-refractivity contribution in [2.75, 3.05) is 20.2 Å². The molecule has 6 heteroatoms. The zero-order valence-electron chi connectivity index (χ0n) is 13.9. The molecule has 1 aliphatic carbocycles. The molecule has 0 saturated carbocycles.